The second-order valence-electron chi connectivity index (χ2n) is 10.2. The Morgan fingerprint density at radius 2 is 1.62 bits per heavy atom. The third kappa shape index (κ3) is 11.4. The maximum Gasteiger partial charge on any atom is 0.408 e. The predicted octanol–water partition coefficient (Wildman–Crippen LogP) is 3.64. The standard InChI is InChI=1S/C24H41N3O7/c1-8-16-32-20(29)18-13-11-15-27(18)19(28)17(26-22(31)34-24(5,6)7)12-9-10-14-25-21(30)33-23(2,3)4/h8,16-18H,9-15H2,1-7H3,(H,25,30)(H,26,31)/b16-8+/t17-,18-/m0/s1. The molecule has 1 fully saturated rings. The second-order valence-corrected chi connectivity index (χ2v) is 10.2. The van der Waals surface area contributed by atoms with Crippen LogP contribution in [0.3, 0.4) is 0 Å². The van der Waals surface area contributed by atoms with Gasteiger partial charge in [-0.3, -0.25) is 4.79 Å². The van der Waals surface area contributed by atoms with Gasteiger partial charge in [-0.05, 0) is 80.6 Å². The van der Waals surface area contributed by atoms with Crippen LogP contribution in [0.25, 0.3) is 0 Å². The van der Waals surface area contributed by atoms with E-state index in [9.17, 15) is 19.2 Å². The van der Waals surface area contributed by atoms with Crippen molar-refractivity contribution in [1.29, 1.82) is 0 Å². The largest absolute Gasteiger partial charge is 0.444 e. The van der Waals surface area contributed by atoms with E-state index >= 15 is 0 Å². The van der Waals surface area contributed by atoms with Crippen molar-refractivity contribution in [3.8, 4) is 0 Å². The molecule has 194 valence electrons. The molecule has 10 heteroatoms. The molecule has 0 bridgehead atoms. The van der Waals surface area contributed by atoms with Crippen LogP contribution in [-0.2, 0) is 23.8 Å². The maximum absolute atomic E-state index is 13.3. The summed E-state index contributed by atoms with van der Waals surface area (Å²) in [6.45, 7) is 13.1. The van der Waals surface area contributed by atoms with E-state index in [2.05, 4.69) is 10.6 Å². The molecule has 1 rings (SSSR count). The molecule has 0 aromatic heterocycles. The first-order chi connectivity index (χ1) is 15.7. The lowest BCUT2D eigenvalue weighted by Gasteiger charge is -2.29. The number of rotatable bonds is 9. The number of hydrogen-bond acceptors (Lipinski definition) is 7. The number of amides is 3. The number of unbranched alkanes of at least 4 members (excludes halogenated alkanes) is 1. The van der Waals surface area contributed by atoms with Gasteiger partial charge in [-0.25, -0.2) is 14.4 Å². The summed E-state index contributed by atoms with van der Waals surface area (Å²) >= 11 is 0. The van der Waals surface area contributed by atoms with E-state index in [1.165, 1.54) is 11.2 Å². The van der Waals surface area contributed by atoms with E-state index in [0.717, 1.165) is 0 Å². The van der Waals surface area contributed by atoms with E-state index in [1.807, 2.05) is 0 Å². The summed E-state index contributed by atoms with van der Waals surface area (Å²) in [6.07, 6.45) is 4.28. The van der Waals surface area contributed by atoms with Gasteiger partial charge in [0, 0.05) is 13.1 Å². The van der Waals surface area contributed by atoms with Gasteiger partial charge in [-0.15, -0.1) is 0 Å². The van der Waals surface area contributed by atoms with Gasteiger partial charge in [0.15, 0.2) is 0 Å². The Balaban J connectivity index is 2.76. The van der Waals surface area contributed by atoms with Crippen molar-refractivity contribution in [3.05, 3.63) is 12.3 Å². The third-order valence-corrected chi connectivity index (χ3v) is 4.71. The van der Waals surface area contributed by atoms with E-state index in [4.69, 9.17) is 14.2 Å². The molecule has 2 atom stereocenters. The average molecular weight is 484 g/mol. The molecule has 0 saturated carbocycles. The highest BCUT2D eigenvalue weighted by Gasteiger charge is 2.38. The number of allylic oxidation sites excluding steroid dienone is 1. The van der Waals surface area contributed by atoms with Gasteiger partial charge in [-0.2, -0.15) is 0 Å². The molecule has 0 spiro atoms. The molecule has 0 radical (unpaired) electrons. The van der Waals surface area contributed by atoms with Gasteiger partial charge in [0.25, 0.3) is 0 Å². The van der Waals surface area contributed by atoms with Crippen molar-refractivity contribution in [2.45, 2.75) is 104 Å². The Labute approximate surface area is 202 Å². The van der Waals surface area contributed by atoms with E-state index in [0.29, 0.717) is 45.2 Å². The smallest absolute Gasteiger partial charge is 0.408 e. The minimum Gasteiger partial charge on any atom is -0.444 e. The molecule has 2 N–H and O–H groups in total. The number of alkyl carbamates (subject to hydrolysis) is 2. The molecule has 10 nitrogen and oxygen atoms in total. The Kier molecular flexibility index (Phi) is 11.4. The van der Waals surface area contributed by atoms with Gasteiger partial charge in [-0.1, -0.05) is 6.08 Å². The lowest BCUT2D eigenvalue weighted by molar-refractivity contribution is -0.149. The Morgan fingerprint density at radius 1 is 1.00 bits per heavy atom. The fourth-order valence-corrected chi connectivity index (χ4v) is 3.37. The fourth-order valence-electron chi connectivity index (χ4n) is 3.37. The first kappa shape index (κ1) is 29.3. The van der Waals surface area contributed by atoms with Crippen molar-refractivity contribution in [3.63, 3.8) is 0 Å². The van der Waals surface area contributed by atoms with Crippen LogP contribution in [0.15, 0.2) is 12.3 Å². The van der Waals surface area contributed by atoms with Gasteiger partial charge in [0.2, 0.25) is 5.91 Å². The lowest BCUT2D eigenvalue weighted by atomic mass is 10.1. The van der Waals surface area contributed by atoms with Crippen molar-refractivity contribution in [2.24, 2.45) is 0 Å². The Bertz CT molecular complexity index is 738. The predicted molar refractivity (Wildman–Crippen MR) is 127 cm³/mol. The summed E-state index contributed by atoms with van der Waals surface area (Å²) in [5, 5.41) is 5.33. The lowest BCUT2D eigenvalue weighted by Crippen LogP contribution is -2.52. The summed E-state index contributed by atoms with van der Waals surface area (Å²) in [5.41, 5.74) is -1.30. The zero-order chi connectivity index (χ0) is 25.9. The summed E-state index contributed by atoms with van der Waals surface area (Å²) in [6, 6.07) is -1.56. The Hall–Kier alpha value is -2.78. The second kappa shape index (κ2) is 13.2. The molecule has 0 aliphatic carbocycles. The first-order valence-corrected chi connectivity index (χ1v) is 11.8. The quantitative estimate of drug-likeness (QED) is 0.222. The van der Waals surface area contributed by atoms with Crippen LogP contribution in [-0.4, -0.2) is 65.3 Å². The van der Waals surface area contributed by atoms with Gasteiger partial charge in [0.05, 0.1) is 6.26 Å². The molecular formula is C24H41N3O7. The highest BCUT2D eigenvalue weighted by molar-refractivity contribution is 5.90. The third-order valence-electron chi connectivity index (χ3n) is 4.71. The highest BCUT2D eigenvalue weighted by Crippen LogP contribution is 2.21. The van der Waals surface area contributed by atoms with Gasteiger partial charge in [0.1, 0.15) is 23.3 Å². The summed E-state index contributed by atoms with van der Waals surface area (Å²) < 4.78 is 15.6. The number of nitrogens with zero attached hydrogens (tertiary/aromatic N) is 1. The van der Waals surface area contributed by atoms with Crippen LogP contribution in [0, 0.1) is 0 Å². The molecule has 1 aliphatic heterocycles. The monoisotopic (exact) mass is 483 g/mol. The van der Waals surface area contributed by atoms with Crippen LogP contribution < -0.4 is 10.6 Å². The number of hydrogen-bond donors (Lipinski definition) is 2. The van der Waals surface area contributed by atoms with Crippen LogP contribution in [0.5, 0.6) is 0 Å². The zero-order valence-corrected chi connectivity index (χ0v) is 21.6. The fraction of sp³-hybridized carbons (Fsp3) is 0.750. The summed E-state index contributed by atoms with van der Waals surface area (Å²) in [5.74, 6) is -0.854. The number of nitrogens with one attached hydrogen (secondary N) is 2. The molecule has 0 aromatic rings. The number of ether oxygens (including phenoxy) is 3. The summed E-state index contributed by atoms with van der Waals surface area (Å²) in [7, 11) is 0. The topological polar surface area (TPSA) is 123 Å². The number of likely N-dealkylation sites (tertiary alicyclic amines) is 1. The Morgan fingerprint density at radius 3 is 2.21 bits per heavy atom. The van der Waals surface area contributed by atoms with Gasteiger partial charge >= 0.3 is 18.2 Å². The minimum atomic E-state index is -0.869. The molecule has 1 aliphatic rings. The highest BCUT2D eigenvalue weighted by atomic mass is 16.6. The van der Waals surface area contributed by atoms with Crippen molar-refractivity contribution >= 4 is 24.1 Å². The molecule has 1 saturated heterocycles. The van der Waals surface area contributed by atoms with Crippen LogP contribution in [0.4, 0.5) is 9.59 Å². The first-order valence-electron chi connectivity index (χ1n) is 11.8. The summed E-state index contributed by atoms with van der Waals surface area (Å²) in [4.78, 5) is 51.3. The average Bonchev–Trinajstić information content (AvgIpc) is 3.17. The SMILES string of the molecule is C/C=C/OC(=O)[C@@H]1CCCN1C(=O)[C@H](CCCCNC(=O)OC(C)(C)C)NC(=O)OC(C)(C)C. The van der Waals surface area contributed by atoms with Crippen LogP contribution >= 0.6 is 0 Å². The number of carbonyl (C=O) groups is 4. The van der Waals surface area contributed by atoms with Crippen LogP contribution in [0.2, 0.25) is 0 Å². The zero-order valence-electron chi connectivity index (χ0n) is 21.6. The van der Waals surface area contributed by atoms with E-state index < -0.39 is 41.4 Å². The maximum atomic E-state index is 13.3. The van der Waals surface area contributed by atoms with Crippen LogP contribution in [0.1, 0.15) is 80.6 Å². The van der Waals surface area contributed by atoms with E-state index in [1.54, 1.807) is 54.5 Å². The van der Waals surface area contributed by atoms with Crippen molar-refractivity contribution in [1.82, 2.24) is 15.5 Å². The number of carbonyl (C=O) groups excluding carboxylic acids is 4. The van der Waals surface area contributed by atoms with Crippen molar-refractivity contribution < 1.29 is 33.4 Å². The molecule has 3 amide bonds. The molecule has 0 aromatic carbocycles. The van der Waals surface area contributed by atoms with Gasteiger partial charge < -0.3 is 29.7 Å². The normalized spacial score (nSPS) is 17.3. The molecule has 0 unspecified atom stereocenters. The number of esters is 1. The molecule has 34 heavy (non-hydrogen) atoms. The van der Waals surface area contributed by atoms with E-state index in [-0.39, 0.29) is 5.91 Å². The molecular weight excluding hydrogens is 442 g/mol. The minimum absolute atomic E-state index is 0.321. The van der Waals surface area contributed by atoms with Crippen molar-refractivity contribution in [2.75, 3.05) is 13.1 Å². The molecule has 1 heterocycles.